The van der Waals surface area contributed by atoms with Gasteiger partial charge in [-0.15, -0.1) is 0 Å². The zero-order valence-corrected chi connectivity index (χ0v) is 13.2. The fourth-order valence-electron chi connectivity index (χ4n) is 2.64. The minimum atomic E-state index is 0.651. The smallest absolute Gasteiger partial charge is 0.0701 e. The van der Waals surface area contributed by atoms with Gasteiger partial charge in [-0.25, -0.2) is 0 Å². The van der Waals surface area contributed by atoms with Crippen LogP contribution in [-0.4, -0.2) is 77.8 Å². The number of ether oxygens (including phenoxy) is 3. The van der Waals surface area contributed by atoms with E-state index in [2.05, 4.69) is 10.2 Å². The highest BCUT2D eigenvalue weighted by atomic mass is 16.5. The Hall–Kier alpha value is -0.200. The van der Waals surface area contributed by atoms with Gasteiger partial charge in [-0.2, -0.15) is 0 Å². The molecule has 1 rings (SSSR count). The first-order chi connectivity index (χ1) is 9.88. The van der Waals surface area contributed by atoms with Crippen LogP contribution in [0.25, 0.3) is 0 Å². The molecule has 120 valence electrons. The van der Waals surface area contributed by atoms with Gasteiger partial charge in [-0.3, -0.25) is 4.90 Å². The van der Waals surface area contributed by atoms with E-state index in [1.54, 1.807) is 7.11 Å². The van der Waals surface area contributed by atoms with E-state index in [9.17, 15) is 0 Å². The average Bonchev–Trinajstić information content (AvgIpc) is 2.49. The Morgan fingerprint density at radius 1 is 1.05 bits per heavy atom. The van der Waals surface area contributed by atoms with Gasteiger partial charge in [0.25, 0.3) is 0 Å². The lowest BCUT2D eigenvalue weighted by molar-refractivity contribution is 0.0133. The van der Waals surface area contributed by atoms with Crippen molar-refractivity contribution in [3.8, 4) is 0 Å². The van der Waals surface area contributed by atoms with Crippen molar-refractivity contribution in [2.45, 2.75) is 31.7 Å². The molecule has 0 aromatic carbocycles. The predicted octanol–water partition coefficient (Wildman–Crippen LogP) is 1.13. The number of likely N-dealkylation sites (tertiary alicyclic amines) is 1. The first-order valence-electron chi connectivity index (χ1n) is 7.91. The lowest BCUT2D eigenvalue weighted by Gasteiger charge is -2.35. The minimum absolute atomic E-state index is 0.651. The summed E-state index contributed by atoms with van der Waals surface area (Å²) in [5.41, 5.74) is 0. The third kappa shape index (κ3) is 8.17. The summed E-state index contributed by atoms with van der Waals surface area (Å²) in [5.74, 6) is 0. The summed E-state index contributed by atoms with van der Waals surface area (Å²) in [4.78, 5) is 2.59. The topological polar surface area (TPSA) is 43.0 Å². The van der Waals surface area contributed by atoms with Gasteiger partial charge in [0.2, 0.25) is 0 Å². The van der Waals surface area contributed by atoms with E-state index in [1.807, 2.05) is 7.05 Å². The fraction of sp³-hybridized carbons (Fsp3) is 1.00. The van der Waals surface area contributed by atoms with Gasteiger partial charge < -0.3 is 19.5 Å². The van der Waals surface area contributed by atoms with Crippen molar-refractivity contribution >= 4 is 0 Å². The number of nitrogens with one attached hydrogen (secondary N) is 1. The number of methoxy groups -OCH3 is 1. The van der Waals surface area contributed by atoms with Crippen molar-refractivity contribution in [1.82, 2.24) is 10.2 Å². The van der Waals surface area contributed by atoms with Gasteiger partial charge in [0.05, 0.1) is 33.0 Å². The van der Waals surface area contributed by atoms with E-state index in [1.165, 1.54) is 32.2 Å². The van der Waals surface area contributed by atoms with Gasteiger partial charge >= 0.3 is 0 Å². The quantitative estimate of drug-likeness (QED) is 0.545. The summed E-state index contributed by atoms with van der Waals surface area (Å²) in [7, 11) is 3.71. The third-order valence-corrected chi connectivity index (χ3v) is 3.80. The third-order valence-electron chi connectivity index (χ3n) is 3.80. The summed E-state index contributed by atoms with van der Waals surface area (Å²) >= 11 is 0. The molecule has 1 unspecified atom stereocenters. The molecule has 0 aromatic heterocycles. The molecule has 1 saturated heterocycles. The number of nitrogens with zero attached hydrogens (tertiary/aromatic N) is 1. The van der Waals surface area contributed by atoms with Gasteiger partial charge in [0.15, 0.2) is 0 Å². The summed E-state index contributed by atoms with van der Waals surface area (Å²) in [6.07, 6.45) is 5.29. The maximum absolute atomic E-state index is 5.65. The van der Waals surface area contributed by atoms with E-state index in [0.717, 1.165) is 25.7 Å². The number of hydrogen-bond acceptors (Lipinski definition) is 5. The van der Waals surface area contributed by atoms with Crippen molar-refractivity contribution in [2.24, 2.45) is 0 Å². The summed E-state index contributed by atoms with van der Waals surface area (Å²) in [6, 6.07) is 0.734. The average molecular weight is 288 g/mol. The highest BCUT2D eigenvalue weighted by Crippen LogP contribution is 2.18. The maximum Gasteiger partial charge on any atom is 0.0701 e. The SMILES string of the molecule is CNCCC1CCCCN1CCOCCOCCOC. The van der Waals surface area contributed by atoms with Crippen LogP contribution < -0.4 is 5.32 Å². The van der Waals surface area contributed by atoms with Crippen LogP contribution in [0, 0.1) is 0 Å². The lowest BCUT2D eigenvalue weighted by atomic mass is 9.99. The first-order valence-corrected chi connectivity index (χ1v) is 7.91. The van der Waals surface area contributed by atoms with Crippen molar-refractivity contribution in [1.29, 1.82) is 0 Å². The molecular formula is C15H32N2O3. The molecule has 5 heteroatoms. The summed E-state index contributed by atoms with van der Waals surface area (Å²) in [6.45, 7) is 6.83. The molecule has 0 amide bonds. The standard InChI is InChI=1S/C15H32N2O3/c1-16-7-6-15-5-3-4-8-17(15)9-10-19-13-14-20-12-11-18-2/h15-16H,3-14H2,1-2H3. The molecule has 0 aromatic rings. The Kier molecular flexibility index (Phi) is 11.2. The Morgan fingerprint density at radius 2 is 1.80 bits per heavy atom. The molecule has 0 bridgehead atoms. The van der Waals surface area contributed by atoms with Crippen molar-refractivity contribution in [3.05, 3.63) is 0 Å². The Balaban J connectivity index is 2.00. The van der Waals surface area contributed by atoms with Crippen LogP contribution in [0.5, 0.6) is 0 Å². The second-order valence-corrected chi connectivity index (χ2v) is 5.30. The lowest BCUT2D eigenvalue weighted by Crippen LogP contribution is -2.42. The largest absolute Gasteiger partial charge is 0.382 e. The zero-order chi connectivity index (χ0) is 14.5. The molecule has 1 N–H and O–H groups in total. The maximum atomic E-state index is 5.65. The highest BCUT2D eigenvalue weighted by molar-refractivity contribution is 4.77. The normalized spacial score (nSPS) is 20.4. The molecule has 0 radical (unpaired) electrons. The monoisotopic (exact) mass is 288 g/mol. The molecule has 0 spiro atoms. The van der Waals surface area contributed by atoms with Crippen LogP contribution >= 0.6 is 0 Å². The molecule has 1 atom stereocenters. The van der Waals surface area contributed by atoms with Crippen LogP contribution in [0.2, 0.25) is 0 Å². The molecule has 5 nitrogen and oxygen atoms in total. The van der Waals surface area contributed by atoms with Gasteiger partial charge in [-0.1, -0.05) is 6.42 Å². The molecule has 0 saturated carbocycles. The summed E-state index contributed by atoms with van der Waals surface area (Å²) < 4.78 is 15.9. The van der Waals surface area contributed by atoms with E-state index >= 15 is 0 Å². The van der Waals surface area contributed by atoms with E-state index in [0.29, 0.717) is 26.4 Å². The Morgan fingerprint density at radius 3 is 2.55 bits per heavy atom. The van der Waals surface area contributed by atoms with Crippen molar-refractivity contribution in [2.75, 3.05) is 66.8 Å². The van der Waals surface area contributed by atoms with Crippen LogP contribution in [0.15, 0.2) is 0 Å². The van der Waals surface area contributed by atoms with Crippen LogP contribution in [0.4, 0.5) is 0 Å². The number of piperidine rings is 1. The van der Waals surface area contributed by atoms with E-state index in [-0.39, 0.29) is 0 Å². The van der Waals surface area contributed by atoms with Gasteiger partial charge in [-0.05, 0) is 39.4 Å². The Labute approximate surface area is 123 Å². The summed E-state index contributed by atoms with van der Waals surface area (Å²) in [5, 5.41) is 3.25. The molecule has 1 fully saturated rings. The second-order valence-electron chi connectivity index (χ2n) is 5.30. The molecule has 1 aliphatic heterocycles. The first kappa shape index (κ1) is 17.9. The second kappa shape index (κ2) is 12.5. The van der Waals surface area contributed by atoms with Crippen molar-refractivity contribution in [3.63, 3.8) is 0 Å². The Bertz CT molecular complexity index is 217. The molecule has 0 aliphatic carbocycles. The molecule has 1 aliphatic rings. The number of rotatable bonds is 12. The molecule has 1 heterocycles. The number of hydrogen-bond donors (Lipinski definition) is 1. The van der Waals surface area contributed by atoms with Crippen LogP contribution in [-0.2, 0) is 14.2 Å². The predicted molar refractivity (Wildman–Crippen MR) is 81.3 cm³/mol. The van der Waals surface area contributed by atoms with E-state index in [4.69, 9.17) is 14.2 Å². The van der Waals surface area contributed by atoms with Crippen LogP contribution in [0.3, 0.4) is 0 Å². The minimum Gasteiger partial charge on any atom is -0.382 e. The van der Waals surface area contributed by atoms with Crippen LogP contribution in [0.1, 0.15) is 25.7 Å². The van der Waals surface area contributed by atoms with Crippen molar-refractivity contribution < 1.29 is 14.2 Å². The van der Waals surface area contributed by atoms with Gasteiger partial charge in [0.1, 0.15) is 0 Å². The van der Waals surface area contributed by atoms with Gasteiger partial charge in [0, 0.05) is 19.7 Å². The molecular weight excluding hydrogens is 256 g/mol. The molecule has 20 heavy (non-hydrogen) atoms. The zero-order valence-electron chi connectivity index (χ0n) is 13.2. The fourth-order valence-corrected chi connectivity index (χ4v) is 2.64. The van der Waals surface area contributed by atoms with E-state index < -0.39 is 0 Å². The highest BCUT2D eigenvalue weighted by Gasteiger charge is 2.21.